The van der Waals surface area contributed by atoms with Crippen LogP contribution in [0.25, 0.3) is 0 Å². The molecule has 1 aliphatic heterocycles. The molecule has 0 aromatic rings. The smallest absolute Gasteiger partial charge is 0.237 e. The number of carbonyl (C=O) groups excluding carboxylic acids is 1. The third-order valence-corrected chi connectivity index (χ3v) is 3.79. The molecule has 18 heavy (non-hydrogen) atoms. The van der Waals surface area contributed by atoms with Gasteiger partial charge in [-0.3, -0.25) is 9.69 Å². The number of hydrogen-bond acceptors (Lipinski definition) is 4. The molecule has 1 saturated heterocycles. The van der Waals surface area contributed by atoms with Crippen LogP contribution in [0.4, 0.5) is 0 Å². The van der Waals surface area contributed by atoms with Crippen LogP contribution >= 0.6 is 0 Å². The van der Waals surface area contributed by atoms with Gasteiger partial charge in [-0.1, -0.05) is 20.8 Å². The zero-order chi connectivity index (χ0) is 13.5. The highest BCUT2D eigenvalue weighted by Crippen LogP contribution is 2.08. The Kier molecular flexibility index (Phi) is 6.60. The Morgan fingerprint density at radius 2 is 2.06 bits per heavy atom. The maximum absolute atomic E-state index is 12.1. The van der Waals surface area contributed by atoms with Crippen LogP contribution in [0.15, 0.2) is 0 Å². The van der Waals surface area contributed by atoms with E-state index in [2.05, 4.69) is 29.4 Å². The number of likely N-dealkylation sites (N-methyl/N-ethyl adjacent to an activating group) is 1. The molecular weight excluding hydrogens is 230 g/mol. The maximum atomic E-state index is 12.1. The summed E-state index contributed by atoms with van der Waals surface area (Å²) in [6.07, 6.45) is 0.484. The van der Waals surface area contributed by atoms with E-state index in [4.69, 9.17) is 0 Å². The van der Waals surface area contributed by atoms with Crippen molar-refractivity contribution in [1.29, 1.82) is 0 Å². The molecule has 3 unspecified atom stereocenters. The fourth-order valence-electron chi connectivity index (χ4n) is 2.55. The minimum absolute atomic E-state index is 0.0495. The molecule has 1 rings (SSSR count). The Balaban J connectivity index is 2.42. The van der Waals surface area contributed by atoms with Crippen molar-refractivity contribution >= 4 is 5.91 Å². The Labute approximate surface area is 110 Å². The summed E-state index contributed by atoms with van der Waals surface area (Å²) in [4.78, 5) is 14.3. The van der Waals surface area contributed by atoms with E-state index < -0.39 is 0 Å². The maximum Gasteiger partial charge on any atom is 0.237 e. The van der Waals surface area contributed by atoms with Gasteiger partial charge in [-0.05, 0) is 19.5 Å². The van der Waals surface area contributed by atoms with Crippen molar-refractivity contribution in [2.45, 2.75) is 39.3 Å². The Bertz CT molecular complexity index is 257. The van der Waals surface area contributed by atoms with E-state index in [0.29, 0.717) is 13.1 Å². The molecule has 3 N–H and O–H groups in total. The second-order valence-corrected chi connectivity index (χ2v) is 4.88. The monoisotopic (exact) mass is 257 g/mol. The molecule has 0 aromatic carbocycles. The molecule has 0 saturated carbocycles. The molecule has 5 heteroatoms. The van der Waals surface area contributed by atoms with Crippen molar-refractivity contribution < 1.29 is 9.90 Å². The molecule has 0 aromatic heterocycles. The number of carbonyl (C=O) groups is 1. The van der Waals surface area contributed by atoms with Crippen LogP contribution in [0.1, 0.15) is 27.2 Å². The first kappa shape index (κ1) is 15.4. The number of nitrogens with one attached hydrogen (secondary N) is 2. The zero-order valence-electron chi connectivity index (χ0n) is 11.8. The molecule has 3 atom stereocenters. The minimum atomic E-state index is -0.334. The number of aliphatic hydroxyl groups is 1. The van der Waals surface area contributed by atoms with Gasteiger partial charge in [0.2, 0.25) is 5.91 Å². The molecule has 1 fully saturated rings. The highest BCUT2D eigenvalue weighted by molar-refractivity contribution is 5.81. The van der Waals surface area contributed by atoms with Gasteiger partial charge in [-0.2, -0.15) is 0 Å². The standard InChI is InChI=1S/C13H27N3O2/c1-4-11(16(5-2)6-3)13(18)15-8-10-7-14-9-12(10)17/h10-12,14,17H,4-9H2,1-3H3,(H,15,18). The molecule has 1 heterocycles. The normalized spacial score (nSPS) is 25.4. The van der Waals surface area contributed by atoms with Gasteiger partial charge in [0.25, 0.3) is 0 Å². The second kappa shape index (κ2) is 7.71. The Morgan fingerprint density at radius 3 is 2.50 bits per heavy atom. The van der Waals surface area contributed by atoms with Crippen molar-refractivity contribution in [3.63, 3.8) is 0 Å². The molecule has 0 bridgehead atoms. The summed E-state index contributed by atoms with van der Waals surface area (Å²) >= 11 is 0. The second-order valence-electron chi connectivity index (χ2n) is 4.88. The molecule has 0 radical (unpaired) electrons. The average Bonchev–Trinajstić information content (AvgIpc) is 2.78. The number of aliphatic hydroxyl groups excluding tert-OH is 1. The SMILES string of the molecule is CCC(C(=O)NCC1CNCC1O)N(CC)CC. The highest BCUT2D eigenvalue weighted by Gasteiger charge is 2.27. The molecule has 0 aliphatic carbocycles. The number of β-amino-alcohol motifs (C(OH)–C–C–N with tert-alkyl or cyclic N) is 1. The molecule has 1 aliphatic rings. The largest absolute Gasteiger partial charge is 0.391 e. The van der Waals surface area contributed by atoms with Gasteiger partial charge in [0.15, 0.2) is 0 Å². The molecule has 106 valence electrons. The Morgan fingerprint density at radius 1 is 1.39 bits per heavy atom. The van der Waals surface area contributed by atoms with Crippen molar-refractivity contribution in [3.05, 3.63) is 0 Å². The quantitative estimate of drug-likeness (QED) is 0.591. The average molecular weight is 257 g/mol. The first-order chi connectivity index (χ1) is 8.63. The van der Waals surface area contributed by atoms with Gasteiger partial charge in [0, 0.05) is 25.6 Å². The summed E-state index contributed by atoms with van der Waals surface area (Å²) in [5, 5.41) is 15.8. The lowest BCUT2D eigenvalue weighted by atomic mass is 10.1. The number of nitrogens with zero attached hydrogens (tertiary/aromatic N) is 1. The lowest BCUT2D eigenvalue weighted by Gasteiger charge is -2.28. The van der Waals surface area contributed by atoms with Gasteiger partial charge < -0.3 is 15.7 Å². The van der Waals surface area contributed by atoms with E-state index in [1.54, 1.807) is 0 Å². The number of amides is 1. The molecule has 0 spiro atoms. The lowest BCUT2D eigenvalue weighted by molar-refractivity contribution is -0.126. The van der Waals surface area contributed by atoms with Gasteiger partial charge in [0.1, 0.15) is 0 Å². The van der Waals surface area contributed by atoms with Crippen molar-refractivity contribution in [2.75, 3.05) is 32.7 Å². The summed E-state index contributed by atoms with van der Waals surface area (Å²) in [6, 6.07) is -0.0495. The van der Waals surface area contributed by atoms with E-state index in [1.807, 2.05) is 6.92 Å². The van der Waals surface area contributed by atoms with Crippen LogP contribution in [0.2, 0.25) is 0 Å². The fraction of sp³-hybridized carbons (Fsp3) is 0.923. The van der Waals surface area contributed by atoms with E-state index in [1.165, 1.54) is 0 Å². The lowest BCUT2D eigenvalue weighted by Crippen LogP contribution is -2.48. The van der Waals surface area contributed by atoms with Crippen LogP contribution in [-0.4, -0.2) is 60.8 Å². The molecular formula is C13H27N3O2. The van der Waals surface area contributed by atoms with E-state index in [0.717, 1.165) is 26.1 Å². The third-order valence-electron chi connectivity index (χ3n) is 3.79. The van der Waals surface area contributed by atoms with Gasteiger partial charge in [-0.25, -0.2) is 0 Å². The minimum Gasteiger partial charge on any atom is -0.391 e. The predicted octanol–water partition coefficient (Wildman–Crippen LogP) is -0.197. The van der Waals surface area contributed by atoms with Crippen LogP contribution in [0, 0.1) is 5.92 Å². The highest BCUT2D eigenvalue weighted by atomic mass is 16.3. The summed E-state index contributed by atoms with van der Waals surface area (Å²) in [7, 11) is 0. The first-order valence-electron chi connectivity index (χ1n) is 7.04. The molecule has 5 nitrogen and oxygen atoms in total. The van der Waals surface area contributed by atoms with Crippen LogP contribution in [0.5, 0.6) is 0 Å². The predicted molar refractivity (Wildman–Crippen MR) is 72.4 cm³/mol. The van der Waals surface area contributed by atoms with Crippen molar-refractivity contribution in [1.82, 2.24) is 15.5 Å². The molecule has 1 amide bonds. The van der Waals surface area contributed by atoms with Crippen LogP contribution in [0.3, 0.4) is 0 Å². The number of rotatable bonds is 7. The van der Waals surface area contributed by atoms with Gasteiger partial charge >= 0.3 is 0 Å². The first-order valence-corrected chi connectivity index (χ1v) is 7.04. The van der Waals surface area contributed by atoms with Crippen LogP contribution < -0.4 is 10.6 Å². The summed E-state index contributed by atoms with van der Waals surface area (Å²) < 4.78 is 0. The number of hydrogen-bond donors (Lipinski definition) is 3. The third kappa shape index (κ3) is 3.93. The van der Waals surface area contributed by atoms with Gasteiger partial charge in [0.05, 0.1) is 12.1 Å². The summed E-state index contributed by atoms with van der Waals surface area (Å²) in [5.41, 5.74) is 0. The van der Waals surface area contributed by atoms with Crippen molar-refractivity contribution in [2.24, 2.45) is 5.92 Å². The fourth-order valence-corrected chi connectivity index (χ4v) is 2.55. The van der Waals surface area contributed by atoms with Gasteiger partial charge in [-0.15, -0.1) is 0 Å². The van der Waals surface area contributed by atoms with Crippen LogP contribution in [-0.2, 0) is 4.79 Å². The zero-order valence-corrected chi connectivity index (χ0v) is 11.8. The van der Waals surface area contributed by atoms with E-state index in [-0.39, 0.29) is 24.0 Å². The summed E-state index contributed by atoms with van der Waals surface area (Å²) in [5.74, 6) is 0.225. The van der Waals surface area contributed by atoms with Crippen molar-refractivity contribution in [3.8, 4) is 0 Å². The van der Waals surface area contributed by atoms with E-state index in [9.17, 15) is 9.90 Å². The topological polar surface area (TPSA) is 64.6 Å². The Hall–Kier alpha value is -0.650. The summed E-state index contributed by atoms with van der Waals surface area (Å²) in [6.45, 7) is 9.93. The van der Waals surface area contributed by atoms with E-state index >= 15 is 0 Å².